The van der Waals surface area contributed by atoms with Gasteiger partial charge in [-0.25, -0.2) is 5.84 Å². The molecule has 0 spiro atoms. The Labute approximate surface area is 108 Å². The first-order chi connectivity index (χ1) is 8.58. The molecule has 0 atom stereocenters. The lowest BCUT2D eigenvalue weighted by molar-refractivity contribution is -0.121. The SMILES string of the molecule is COc1cc(C)c(CCCCC(=O)NN)cc1C. The summed E-state index contributed by atoms with van der Waals surface area (Å²) in [5.41, 5.74) is 5.85. The van der Waals surface area contributed by atoms with Crippen LogP contribution in [0.3, 0.4) is 0 Å². The molecule has 0 aliphatic carbocycles. The summed E-state index contributed by atoms with van der Waals surface area (Å²) in [6.07, 6.45) is 3.31. The van der Waals surface area contributed by atoms with Crippen molar-refractivity contribution in [2.75, 3.05) is 7.11 Å². The van der Waals surface area contributed by atoms with Gasteiger partial charge in [-0.05, 0) is 55.9 Å². The van der Waals surface area contributed by atoms with E-state index in [9.17, 15) is 4.79 Å². The smallest absolute Gasteiger partial charge is 0.233 e. The number of unbranched alkanes of at least 4 members (excludes halogenated alkanes) is 1. The molecule has 1 aromatic carbocycles. The first-order valence-corrected chi connectivity index (χ1v) is 6.22. The van der Waals surface area contributed by atoms with Gasteiger partial charge in [-0.3, -0.25) is 10.2 Å². The highest BCUT2D eigenvalue weighted by Crippen LogP contribution is 2.23. The van der Waals surface area contributed by atoms with E-state index in [2.05, 4.69) is 24.5 Å². The standard InChI is InChI=1S/C14H22N2O2/c1-10-9-13(18-3)11(2)8-12(10)6-4-5-7-14(17)16-15/h8-9H,4-7,15H2,1-3H3,(H,16,17). The molecular formula is C14H22N2O2. The average Bonchev–Trinajstić information content (AvgIpc) is 2.37. The van der Waals surface area contributed by atoms with Crippen LogP contribution in [0.25, 0.3) is 0 Å². The van der Waals surface area contributed by atoms with Crippen LogP contribution in [-0.2, 0) is 11.2 Å². The molecule has 0 fully saturated rings. The number of aryl methyl sites for hydroxylation is 3. The number of methoxy groups -OCH3 is 1. The number of nitrogens with two attached hydrogens (primary N) is 1. The second kappa shape index (κ2) is 7.01. The van der Waals surface area contributed by atoms with E-state index in [1.165, 1.54) is 11.1 Å². The van der Waals surface area contributed by atoms with Crippen LogP contribution in [0.1, 0.15) is 36.0 Å². The maximum atomic E-state index is 11.0. The first-order valence-electron chi connectivity index (χ1n) is 6.22. The average molecular weight is 250 g/mol. The molecule has 0 aromatic heterocycles. The van der Waals surface area contributed by atoms with E-state index in [1.807, 2.05) is 6.92 Å². The van der Waals surface area contributed by atoms with E-state index in [4.69, 9.17) is 10.6 Å². The predicted octanol–water partition coefficient (Wildman–Crippen LogP) is 2.01. The lowest BCUT2D eigenvalue weighted by Crippen LogP contribution is -2.29. The van der Waals surface area contributed by atoms with Gasteiger partial charge in [0.25, 0.3) is 0 Å². The summed E-state index contributed by atoms with van der Waals surface area (Å²) in [6, 6.07) is 4.23. The highest BCUT2D eigenvalue weighted by atomic mass is 16.5. The zero-order chi connectivity index (χ0) is 13.5. The molecule has 0 saturated heterocycles. The maximum Gasteiger partial charge on any atom is 0.233 e. The van der Waals surface area contributed by atoms with E-state index in [1.54, 1.807) is 7.11 Å². The summed E-state index contributed by atoms with van der Waals surface area (Å²) in [6.45, 7) is 4.13. The van der Waals surface area contributed by atoms with Gasteiger partial charge in [0.15, 0.2) is 0 Å². The molecule has 100 valence electrons. The Bertz CT molecular complexity index is 417. The minimum absolute atomic E-state index is 0.0994. The molecule has 0 aliphatic heterocycles. The summed E-state index contributed by atoms with van der Waals surface area (Å²) >= 11 is 0. The van der Waals surface area contributed by atoms with Crippen LogP contribution >= 0.6 is 0 Å². The highest BCUT2D eigenvalue weighted by Gasteiger charge is 2.05. The first kappa shape index (κ1) is 14.5. The molecule has 0 bridgehead atoms. The molecule has 0 aliphatic rings. The van der Waals surface area contributed by atoms with Gasteiger partial charge in [-0.1, -0.05) is 6.07 Å². The molecule has 0 unspecified atom stereocenters. The Balaban J connectivity index is 2.52. The summed E-state index contributed by atoms with van der Waals surface area (Å²) in [7, 11) is 1.69. The number of benzene rings is 1. The largest absolute Gasteiger partial charge is 0.496 e. The van der Waals surface area contributed by atoms with Crippen molar-refractivity contribution < 1.29 is 9.53 Å². The van der Waals surface area contributed by atoms with Crippen LogP contribution in [0.5, 0.6) is 5.75 Å². The molecule has 1 amide bonds. The lowest BCUT2D eigenvalue weighted by atomic mass is 9.99. The summed E-state index contributed by atoms with van der Waals surface area (Å²) in [5, 5.41) is 0. The molecule has 0 radical (unpaired) electrons. The molecule has 3 N–H and O–H groups in total. The van der Waals surface area contributed by atoms with Gasteiger partial charge in [0.2, 0.25) is 5.91 Å². The minimum Gasteiger partial charge on any atom is -0.496 e. The van der Waals surface area contributed by atoms with Crippen molar-refractivity contribution in [3.05, 3.63) is 28.8 Å². The Hall–Kier alpha value is -1.55. The van der Waals surface area contributed by atoms with E-state index < -0.39 is 0 Å². The molecule has 0 saturated carbocycles. The van der Waals surface area contributed by atoms with Crippen LogP contribution in [0.15, 0.2) is 12.1 Å². The van der Waals surface area contributed by atoms with Crippen LogP contribution in [0.4, 0.5) is 0 Å². The molecular weight excluding hydrogens is 228 g/mol. The van der Waals surface area contributed by atoms with Crippen molar-refractivity contribution in [2.45, 2.75) is 39.5 Å². The third-order valence-corrected chi connectivity index (χ3v) is 3.11. The van der Waals surface area contributed by atoms with E-state index in [-0.39, 0.29) is 5.91 Å². The zero-order valence-corrected chi connectivity index (χ0v) is 11.4. The van der Waals surface area contributed by atoms with Gasteiger partial charge < -0.3 is 4.74 Å². The van der Waals surface area contributed by atoms with Gasteiger partial charge in [-0.15, -0.1) is 0 Å². The Kier molecular flexibility index (Phi) is 5.65. The van der Waals surface area contributed by atoms with Crippen LogP contribution in [0, 0.1) is 13.8 Å². The number of carbonyl (C=O) groups is 1. The fourth-order valence-electron chi connectivity index (χ4n) is 2.01. The number of hydrogen-bond donors (Lipinski definition) is 2. The fraction of sp³-hybridized carbons (Fsp3) is 0.500. The van der Waals surface area contributed by atoms with Gasteiger partial charge in [0.1, 0.15) is 5.75 Å². The number of nitrogens with one attached hydrogen (secondary N) is 1. The van der Waals surface area contributed by atoms with Crippen molar-refractivity contribution in [3.8, 4) is 5.75 Å². The Morgan fingerprint density at radius 2 is 2.00 bits per heavy atom. The normalized spacial score (nSPS) is 10.2. The van der Waals surface area contributed by atoms with Crippen LogP contribution < -0.4 is 16.0 Å². The monoisotopic (exact) mass is 250 g/mol. The van der Waals surface area contributed by atoms with E-state index >= 15 is 0 Å². The number of carbonyl (C=O) groups excluding carboxylic acids is 1. The third kappa shape index (κ3) is 4.04. The van der Waals surface area contributed by atoms with E-state index in [0.717, 1.165) is 30.6 Å². The van der Waals surface area contributed by atoms with Crippen molar-refractivity contribution in [1.82, 2.24) is 5.43 Å². The zero-order valence-electron chi connectivity index (χ0n) is 11.4. The van der Waals surface area contributed by atoms with Crippen molar-refractivity contribution in [1.29, 1.82) is 0 Å². The Morgan fingerprint density at radius 1 is 1.28 bits per heavy atom. The van der Waals surface area contributed by atoms with Crippen LogP contribution in [-0.4, -0.2) is 13.0 Å². The summed E-state index contributed by atoms with van der Waals surface area (Å²) < 4.78 is 5.29. The molecule has 18 heavy (non-hydrogen) atoms. The van der Waals surface area contributed by atoms with Crippen molar-refractivity contribution >= 4 is 5.91 Å². The van der Waals surface area contributed by atoms with Crippen LogP contribution in [0.2, 0.25) is 0 Å². The quantitative estimate of drug-likeness (QED) is 0.351. The number of hydrazine groups is 1. The molecule has 4 nitrogen and oxygen atoms in total. The van der Waals surface area contributed by atoms with Gasteiger partial charge in [0.05, 0.1) is 7.11 Å². The molecule has 4 heteroatoms. The van der Waals surface area contributed by atoms with Crippen molar-refractivity contribution in [2.24, 2.45) is 5.84 Å². The predicted molar refractivity (Wildman–Crippen MR) is 72.4 cm³/mol. The van der Waals surface area contributed by atoms with E-state index in [0.29, 0.717) is 6.42 Å². The summed E-state index contributed by atoms with van der Waals surface area (Å²) in [4.78, 5) is 11.0. The minimum atomic E-state index is -0.0994. The highest BCUT2D eigenvalue weighted by molar-refractivity contribution is 5.75. The van der Waals surface area contributed by atoms with Gasteiger partial charge >= 0.3 is 0 Å². The summed E-state index contributed by atoms with van der Waals surface area (Å²) in [5.74, 6) is 5.86. The fourth-order valence-corrected chi connectivity index (χ4v) is 2.01. The number of rotatable bonds is 6. The Morgan fingerprint density at radius 3 is 2.61 bits per heavy atom. The second-order valence-corrected chi connectivity index (χ2v) is 4.52. The molecule has 1 aromatic rings. The maximum absolute atomic E-state index is 11.0. The topological polar surface area (TPSA) is 64.3 Å². The number of amides is 1. The number of ether oxygens (including phenoxy) is 1. The molecule has 1 rings (SSSR count). The van der Waals surface area contributed by atoms with Gasteiger partial charge in [0, 0.05) is 6.42 Å². The molecule has 0 heterocycles. The van der Waals surface area contributed by atoms with Crippen molar-refractivity contribution in [3.63, 3.8) is 0 Å². The third-order valence-electron chi connectivity index (χ3n) is 3.11. The lowest BCUT2D eigenvalue weighted by Gasteiger charge is -2.11. The number of hydrogen-bond acceptors (Lipinski definition) is 3. The van der Waals surface area contributed by atoms with Gasteiger partial charge in [-0.2, -0.15) is 0 Å². The second-order valence-electron chi connectivity index (χ2n) is 4.52.